The van der Waals surface area contributed by atoms with Gasteiger partial charge in [0.2, 0.25) is 5.95 Å². The van der Waals surface area contributed by atoms with Crippen LogP contribution in [-0.4, -0.2) is 33.9 Å². The number of rotatable bonds is 3. The molecule has 5 nitrogen and oxygen atoms in total. The minimum atomic E-state index is 0.0298. The second kappa shape index (κ2) is 6.47. The zero-order valence-corrected chi connectivity index (χ0v) is 14.9. The summed E-state index contributed by atoms with van der Waals surface area (Å²) in [6.07, 6.45) is 4.07. The molecular weight excluding hydrogens is 312 g/mol. The molecule has 0 N–H and O–H groups in total. The van der Waals surface area contributed by atoms with Gasteiger partial charge < -0.3 is 9.80 Å². The average molecular weight is 336 g/mol. The van der Waals surface area contributed by atoms with E-state index in [1.54, 1.807) is 6.20 Å². The second-order valence-electron chi connectivity index (χ2n) is 7.22. The minimum Gasteiger partial charge on any atom is -0.341 e. The van der Waals surface area contributed by atoms with Crippen LogP contribution < -0.4 is 4.90 Å². The summed E-state index contributed by atoms with van der Waals surface area (Å²) in [5.41, 5.74) is 2.65. The molecule has 130 valence electrons. The summed E-state index contributed by atoms with van der Waals surface area (Å²) in [6.45, 7) is 6.92. The SMILES string of the molecule is CC1CCN(c2ncc3c(n2)CN([C@@H](C)c2ccccc2)C3=O)CC1. The van der Waals surface area contributed by atoms with Crippen molar-refractivity contribution < 1.29 is 4.79 Å². The van der Waals surface area contributed by atoms with E-state index in [4.69, 9.17) is 4.98 Å². The van der Waals surface area contributed by atoms with E-state index in [-0.39, 0.29) is 11.9 Å². The Bertz CT molecular complexity index is 769. The maximum atomic E-state index is 12.8. The summed E-state index contributed by atoms with van der Waals surface area (Å²) in [5.74, 6) is 1.58. The number of hydrogen-bond donors (Lipinski definition) is 0. The first-order valence-electron chi connectivity index (χ1n) is 9.10. The van der Waals surface area contributed by atoms with Gasteiger partial charge in [0.1, 0.15) is 0 Å². The summed E-state index contributed by atoms with van der Waals surface area (Å²) in [4.78, 5) is 26.1. The first-order chi connectivity index (χ1) is 12.1. The molecule has 1 aromatic heterocycles. The third-order valence-corrected chi connectivity index (χ3v) is 5.48. The van der Waals surface area contributed by atoms with Gasteiger partial charge in [0.25, 0.3) is 5.91 Å². The van der Waals surface area contributed by atoms with Crippen LogP contribution in [0.1, 0.15) is 54.3 Å². The van der Waals surface area contributed by atoms with Crippen LogP contribution in [0.25, 0.3) is 0 Å². The Morgan fingerprint density at radius 3 is 2.60 bits per heavy atom. The van der Waals surface area contributed by atoms with Crippen LogP contribution in [0.4, 0.5) is 5.95 Å². The lowest BCUT2D eigenvalue weighted by Crippen LogP contribution is -2.34. The number of carbonyl (C=O) groups is 1. The van der Waals surface area contributed by atoms with E-state index in [9.17, 15) is 4.79 Å². The lowest BCUT2D eigenvalue weighted by Gasteiger charge is -2.30. The van der Waals surface area contributed by atoms with Crippen LogP contribution in [0.5, 0.6) is 0 Å². The molecule has 0 spiro atoms. The molecule has 1 saturated heterocycles. The van der Waals surface area contributed by atoms with E-state index < -0.39 is 0 Å². The van der Waals surface area contributed by atoms with Crippen LogP contribution >= 0.6 is 0 Å². The Labute approximate surface area is 148 Å². The number of piperidine rings is 1. The summed E-state index contributed by atoms with van der Waals surface area (Å²) in [5, 5.41) is 0. The summed E-state index contributed by atoms with van der Waals surface area (Å²) in [7, 11) is 0. The standard InChI is InChI=1S/C20H24N4O/c1-14-8-10-23(11-9-14)20-21-12-17-18(22-20)13-24(19(17)25)15(2)16-6-4-3-5-7-16/h3-7,12,14-15H,8-11,13H2,1-2H3/t15-/m0/s1. The van der Waals surface area contributed by atoms with Gasteiger partial charge in [0.05, 0.1) is 23.8 Å². The monoisotopic (exact) mass is 336 g/mol. The van der Waals surface area contributed by atoms with Gasteiger partial charge in [0.15, 0.2) is 0 Å². The molecule has 1 atom stereocenters. The number of hydrogen-bond acceptors (Lipinski definition) is 4. The molecule has 4 rings (SSSR count). The highest BCUT2D eigenvalue weighted by molar-refractivity contribution is 5.97. The molecule has 25 heavy (non-hydrogen) atoms. The summed E-state index contributed by atoms with van der Waals surface area (Å²) in [6, 6.07) is 10.2. The molecule has 2 aromatic rings. The fraction of sp³-hybridized carbons (Fsp3) is 0.450. The minimum absolute atomic E-state index is 0.0298. The highest BCUT2D eigenvalue weighted by Gasteiger charge is 2.33. The largest absolute Gasteiger partial charge is 0.341 e. The molecule has 1 amide bonds. The number of carbonyl (C=O) groups excluding carboxylic acids is 1. The van der Waals surface area contributed by atoms with Crippen molar-refractivity contribution in [1.29, 1.82) is 0 Å². The lowest BCUT2D eigenvalue weighted by atomic mass is 10.00. The van der Waals surface area contributed by atoms with E-state index in [2.05, 4.69) is 35.9 Å². The summed E-state index contributed by atoms with van der Waals surface area (Å²) >= 11 is 0. The van der Waals surface area contributed by atoms with Crippen LogP contribution in [-0.2, 0) is 6.54 Å². The van der Waals surface area contributed by atoms with Crippen molar-refractivity contribution in [3.8, 4) is 0 Å². The first-order valence-corrected chi connectivity index (χ1v) is 9.10. The molecule has 0 bridgehead atoms. The maximum Gasteiger partial charge on any atom is 0.258 e. The van der Waals surface area contributed by atoms with Crippen molar-refractivity contribution in [2.24, 2.45) is 5.92 Å². The molecule has 3 heterocycles. The number of anilines is 1. The molecule has 0 unspecified atom stereocenters. The fourth-order valence-corrected chi connectivity index (χ4v) is 3.68. The number of fused-ring (bicyclic) bond motifs is 1. The fourth-order valence-electron chi connectivity index (χ4n) is 3.68. The zero-order valence-electron chi connectivity index (χ0n) is 14.9. The normalized spacial score (nSPS) is 19.2. The Balaban J connectivity index is 1.55. The molecule has 5 heteroatoms. The van der Waals surface area contributed by atoms with E-state index in [1.807, 2.05) is 23.1 Å². The molecule has 2 aliphatic heterocycles. The van der Waals surface area contributed by atoms with E-state index in [1.165, 1.54) is 12.8 Å². The Morgan fingerprint density at radius 2 is 1.88 bits per heavy atom. The van der Waals surface area contributed by atoms with Gasteiger partial charge in [-0.15, -0.1) is 0 Å². The first kappa shape index (κ1) is 16.1. The summed E-state index contributed by atoms with van der Waals surface area (Å²) < 4.78 is 0. The van der Waals surface area contributed by atoms with E-state index in [0.29, 0.717) is 12.1 Å². The van der Waals surface area contributed by atoms with Gasteiger partial charge >= 0.3 is 0 Å². The number of benzene rings is 1. The second-order valence-corrected chi connectivity index (χ2v) is 7.22. The zero-order chi connectivity index (χ0) is 17.4. The van der Waals surface area contributed by atoms with Crippen molar-refractivity contribution in [3.63, 3.8) is 0 Å². The average Bonchev–Trinajstić information content (AvgIpc) is 2.98. The topological polar surface area (TPSA) is 49.3 Å². The van der Waals surface area contributed by atoms with Gasteiger partial charge in [-0.1, -0.05) is 37.3 Å². The van der Waals surface area contributed by atoms with Crippen molar-refractivity contribution in [3.05, 3.63) is 53.3 Å². The molecule has 1 aromatic carbocycles. The predicted molar refractivity (Wildman–Crippen MR) is 97.4 cm³/mol. The quantitative estimate of drug-likeness (QED) is 0.862. The molecule has 0 saturated carbocycles. The van der Waals surface area contributed by atoms with E-state index in [0.717, 1.165) is 36.2 Å². The van der Waals surface area contributed by atoms with Crippen molar-refractivity contribution in [2.75, 3.05) is 18.0 Å². The van der Waals surface area contributed by atoms with Crippen LogP contribution in [0, 0.1) is 5.92 Å². The third kappa shape index (κ3) is 2.99. The van der Waals surface area contributed by atoms with Crippen molar-refractivity contribution >= 4 is 11.9 Å². The Hall–Kier alpha value is -2.43. The van der Waals surface area contributed by atoms with Crippen LogP contribution in [0.15, 0.2) is 36.5 Å². The van der Waals surface area contributed by atoms with Crippen molar-refractivity contribution in [1.82, 2.24) is 14.9 Å². The van der Waals surface area contributed by atoms with Gasteiger partial charge in [0, 0.05) is 19.3 Å². The lowest BCUT2D eigenvalue weighted by molar-refractivity contribution is 0.0715. The highest BCUT2D eigenvalue weighted by Crippen LogP contribution is 2.31. The highest BCUT2D eigenvalue weighted by atomic mass is 16.2. The van der Waals surface area contributed by atoms with Gasteiger partial charge in [-0.05, 0) is 31.2 Å². The van der Waals surface area contributed by atoms with E-state index >= 15 is 0 Å². The maximum absolute atomic E-state index is 12.8. The number of aromatic nitrogens is 2. The van der Waals surface area contributed by atoms with Gasteiger partial charge in [-0.3, -0.25) is 4.79 Å². The predicted octanol–water partition coefficient (Wildman–Crippen LogP) is 3.43. The Morgan fingerprint density at radius 1 is 1.16 bits per heavy atom. The van der Waals surface area contributed by atoms with Gasteiger partial charge in [-0.2, -0.15) is 0 Å². The smallest absolute Gasteiger partial charge is 0.258 e. The van der Waals surface area contributed by atoms with Crippen molar-refractivity contribution in [2.45, 2.75) is 39.3 Å². The molecule has 1 fully saturated rings. The molecule has 2 aliphatic rings. The van der Waals surface area contributed by atoms with Crippen LogP contribution in [0.3, 0.4) is 0 Å². The van der Waals surface area contributed by atoms with Gasteiger partial charge in [-0.25, -0.2) is 9.97 Å². The Kier molecular flexibility index (Phi) is 4.15. The number of amides is 1. The third-order valence-electron chi connectivity index (χ3n) is 5.48. The van der Waals surface area contributed by atoms with Crippen LogP contribution in [0.2, 0.25) is 0 Å². The molecule has 0 radical (unpaired) electrons. The molecule has 0 aliphatic carbocycles. The number of nitrogens with zero attached hydrogens (tertiary/aromatic N) is 4. The molecular formula is C20H24N4O.